The fraction of sp³-hybridized carbons (Fsp3) is 0.176. The number of nitrogens with one attached hydrogen (secondary N) is 1. The van der Waals surface area contributed by atoms with Gasteiger partial charge in [0, 0.05) is 16.4 Å². The molecule has 3 rings (SSSR count). The Balaban J connectivity index is 1.94. The van der Waals surface area contributed by atoms with Crippen LogP contribution in [0.5, 0.6) is 0 Å². The van der Waals surface area contributed by atoms with Gasteiger partial charge in [-0.15, -0.1) is 0 Å². The van der Waals surface area contributed by atoms with Crippen LogP contribution in [-0.2, 0) is 6.54 Å². The highest BCUT2D eigenvalue weighted by Crippen LogP contribution is 2.24. The molecule has 106 valence electrons. The summed E-state index contributed by atoms with van der Waals surface area (Å²) in [5.74, 6) is 1.65. The van der Waals surface area contributed by atoms with Crippen molar-refractivity contribution in [2.75, 3.05) is 5.32 Å². The van der Waals surface area contributed by atoms with Gasteiger partial charge in [0.1, 0.15) is 11.6 Å². The normalized spacial score (nSPS) is 10.8. The van der Waals surface area contributed by atoms with Gasteiger partial charge in [-0.05, 0) is 37.6 Å². The van der Waals surface area contributed by atoms with Gasteiger partial charge in [-0.25, -0.2) is 9.97 Å². The first-order chi connectivity index (χ1) is 10.1. The lowest BCUT2D eigenvalue weighted by atomic mass is 10.1. The van der Waals surface area contributed by atoms with E-state index in [1.54, 1.807) is 0 Å². The number of aryl methyl sites for hydroxylation is 2. The maximum Gasteiger partial charge on any atom is 0.137 e. The van der Waals surface area contributed by atoms with E-state index in [2.05, 4.69) is 62.4 Å². The molecule has 0 atom stereocenters. The van der Waals surface area contributed by atoms with E-state index in [9.17, 15) is 0 Å². The third kappa shape index (κ3) is 3.22. The van der Waals surface area contributed by atoms with Gasteiger partial charge in [0.25, 0.3) is 0 Å². The minimum absolute atomic E-state index is 0.750. The Kier molecular flexibility index (Phi) is 3.88. The molecule has 3 nitrogen and oxygen atoms in total. The molecule has 0 amide bonds. The molecule has 0 radical (unpaired) electrons. The average Bonchev–Trinajstić information content (AvgIpc) is 2.45. The van der Waals surface area contributed by atoms with Gasteiger partial charge in [-0.1, -0.05) is 45.8 Å². The minimum atomic E-state index is 0.750. The van der Waals surface area contributed by atoms with Crippen molar-refractivity contribution in [1.29, 1.82) is 0 Å². The fourth-order valence-electron chi connectivity index (χ4n) is 2.36. The largest absolute Gasteiger partial charge is 0.365 e. The number of benzene rings is 2. The van der Waals surface area contributed by atoms with Crippen LogP contribution < -0.4 is 5.32 Å². The maximum absolute atomic E-state index is 4.54. The molecule has 2 aromatic carbocycles. The minimum Gasteiger partial charge on any atom is -0.365 e. The summed E-state index contributed by atoms with van der Waals surface area (Å²) in [6, 6.07) is 14.5. The molecule has 4 heteroatoms. The Morgan fingerprint density at radius 2 is 1.90 bits per heavy atom. The van der Waals surface area contributed by atoms with E-state index in [0.29, 0.717) is 0 Å². The second kappa shape index (κ2) is 5.82. The van der Waals surface area contributed by atoms with E-state index >= 15 is 0 Å². The van der Waals surface area contributed by atoms with Crippen molar-refractivity contribution in [3.8, 4) is 0 Å². The molecule has 0 aliphatic carbocycles. The zero-order valence-electron chi connectivity index (χ0n) is 12.0. The van der Waals surface area contributed by atoms with Crippen LogP contribution in [0.1, 0.15) is 17.0 Å². The predicted molar refractivity (Wildman–Crippen MR) is 90.5 cm³/mol. The summed E-state index contributed by atoms with van der Waals surface area (Å²) in [6.07, 6.45) is 0. The lowest BCUT2D eigenvalue weighted by Gasteiger charge is -2.10. The molecule has 0 unspecified atom stereocenters. The molecular formula is C17H16BrN3. The van der Waals surface area contributed by atoms with Gasteiger partial charge in [-0.2, -0.15) is 0 Å². The molecule has 0 saturated heterocycles. The molecule has 1 N–H and O–H groups in total. The van der Waals surface area contributed by atoms with Crippen molar-refractivity contribution in [2.45, 2.75) is 20.4 Å². The van der Waals surface area contributed by atoms with Crippen molar-refractivity contribution in [3.05, 3.63) is 63.9 Å². The SMILES string of the molecule is Cc1cccc(CNc2nc(C)nc3ccc(Br)cc23)c1. The second-order valence-electron chi connectivity index (χ2n) is 5.12. The van der Waals surface area contributed by atoms with E-state index in [1.165, 1.54) is 11.1 Å². The Morgan fingerprint density at radius 1 is 1.05 bits per heavy atom. The molecule has 3 aromatic rings. The number of rotatable bonds is 3. The molecule has 1 heterocycles. The van der Waals surface area contributed by atoms with E-state index in [1.807, 2.05) is 25.1 Å². The second-order valence-corrected chi connectivity index (χ2v) is 6.04. The third-order valence-corrected chi connectivity index (χ3v) is 3.81. The van der Waals surface area contributed by atoms with Crippen LogP contribution in [-0.4, -0.2) is 9.97 Å². The number of nitrogens with zero attached hydrogens (tertiary/aromatic N) is 2. The van der Waals surface area contributed by atoms with Crippen LogP contribution in [0.25, 0.3) is 10.9 Å². The first kappa shape index (κ1) is 14.0. The molecular weight excluding hydrogens is 326 g/mol. The molecule has 0 aliphatic heterocycles. The Labute approximate surface area is 132 Å². The maximum atomic E-state index is 4.54. The zero-order chi connectivity index (χ0) is 14.8. The smallest absolute Gasteiger partial charge is 0.137 e. The number of fused-ring (bicyclic) bond motifs is 1. The number of aromatic nitrogens is 2. The van der Waals surface area contributed by atoms with Crippen LogP contribution in [0.4, 0.5) is 5.82 Å². The highest BCUT2D eigenvalue weighted by molar-refractivity contribution is 9.10. The molecule has 0 saturated carbocycles. The van der Waals surface area contributed by atoms with Gasteiger partial charge in [0.2, 0.25) is 0 Å². The molecule has 0 aliphatic rings. The highest BCUT2D eigenvalue weighted by atomic mass is 79.9. The Morgan fingerprint density at radius 3 is 2.71 bits per heavy atom. The van der Waals surface area contributed by atoms with Crippen molar-refractivity contribution in [2.24, 2.45) is 0 Å². The summed E-state index contributed by atoms with van der Waals surface area (Å²) in [6.45, 7) is 4.77. The summed E-state index contributed by atoms with van der Waals surface area (Å²) < 4.78 is 1.03. The fourth-order valence-corrected chi connectivity index (χ4v) is 2.72. The first-order valence-corrected chi connectivity index (χ1v) is 7.64. The van der Waals surface area contributed by atoms with Gasteiger partial charge < -0.3 is 5.32 Å². The lowest BCUT2D eigenvalue weighted by Crippen LogP contribution is -2.04. The van der Waals surface area contributed by atoms with Crippen LogP contribution in [0.2, 0.25) is 0 Å². The predicted octanol–water partition coefficient (Wildman–Crippen LogP) is 4.62. The van der Waals surface area contributed by atoms with E-state index < -0.39 is 0 Å². The lowest BCUT2D eigenvalue weighted by molar-refractivity contribution is 1.05. The quantitative estimate of drug-likeness (QED) is 0.755. The van der Waals surface area contributed by atoms with Crippen molar-refractivity contribution < 1.29 is 0 Å². The summed E-state index contributed by atoms with van der Waals surface area (Å²) in [7, 11) is 0. The molecule has 0 bridgehead atoms. The van der Waals surface area contributed by atoms with Gasteiger partial charge in [0.05, 0.1) is 5.52 Å². The van der Waals surface area contributed by atoms with E-state index in [-0.39, 0.29) is 0 Å². The summed E-state index contributed by atoms with van der Waals surface area (Å²) in [4.78, 5) is 9.01. The van der Waals surface area contributed by atoms with Crippen LogP contribution in [0, 0.1) is 13.8 Å². The number of hydrogen-bond acceptors (Lipinski definition) is 3. The molecule has 21 heavy (non-hydrogen) atoms. The zero-order valence-corrected chi connectivity index (χ0v) is 13.6. The van der Waals surface area contributed by atoms with Crippen LogP contribution in [0.3, 0.4) is 0 Å². The molecule has 0 spiro atoms. The Hall–Kier alpha value is -1.94. The number of hydrogen-bond donors (Lipinski definition) is 1. The van der Waals surface area contributed by atoms with Crippen LogP contribution in [0.15, 0.2) is 46.9 Å². The van der Waals surface area contributed by atoms with Crippen molar-refractivity contribution in [3.63, 3.8) is 0 Å². The van der Waals surface area contributed by atoms with E-state index in [4.69, 9.17) is 0 Å². The summed E-state index contributed by atoms with van der Waals surface area (Å²) in [5, 5.41) is 4.46. The third-order valence-electron chi connectivity index (χ3n) is 3.31. The summed E-state index contributed by atoms with van der Waals surface area (Å²) >= 11 is 3.51. The molecule has 0 fully saturated rings. The van der Waals surface area contributed by atoms with Crippen LogP contribution >= 0.6 is 15.9 Å². The average molecular weight is 342 g/mol. The summed E-state index contributed by atoms with van der Waals surface area (Å²) in [5.41, 5.74) is 3.47. The van der Waals surface area contributed by atoms with Gasteiger partial charge >= 0.3 is 0 Å². The van der Waals surface area contributed by atoms with Gasteiger partial charge in [0.15, 0.2) is 0 Å². The molecule has 1 aromatic heterocycles. The highest BCUT2D eigenvalue weighted by Gasteiger charge is 2.06. The first-order valence-electron chi connectivity index (χ1n) is 6.85. The standard InChI is InChI=1S/C17H16BrN3/c1-11-4-3-5-13(8-11)10-19-17-15-9-14(18)6-7-16(15)20-12(2)21-17/h3-9H,10H2,1-2H3,(H,19,20,21). The number of anilines is 1. The monoisotopic (exact) mass is 341 g/mol. The Bertz CT molecular complexity index is 799. The van der Waals surface area contributed by atoms with E-state index in [0.717, 1.165) is 33.6 Å². The van der Waals surface area contributed by atoms with Crippen molar-refractivity contribution >= 4 is 32.7 Å². The topological polar surface area (TPSA) is 37.8 Å². The van der Waals surface area contributed by atoms with Gasteiger partial charge in [-0.3, -0.25) is 0 Å². The number of halogens is 1. The van der Waals surface area contributed by atoms with Crippen molar-refractivity contribution in [1.82, 2.24) is 9.97 Å².